The van der Waals surface area contributed by atoms with Crippen molar-refractivity contribution in [3.05, 3.63) is 89.2 Å². The third-order valence-electron chi connectivity index (χ3n) is 6.09. The van der Waals surface area contributed by atoms with Gasteiger partial charge in [-0.25, -0.2) is 9.38 Å². The molecule has 5 nitrogen and oxygen atoms in total. The van der Waals surface area contributed by atoms with E-state index in [1.165, 1.54) is 11.0 Å². The maximum absolute atomic E-state index is 14.6. The number of aliphatic imine (C=N–C) groups is 1. The number of hydrogen-bond donors (Lipinski definition) is 1. The van der Waals surface area contributed by atoms with Crippen LogP contribution in [0.15, 0.2) is 71.7 Å². The molecular weight excluding hydrogens is 393 g/mol. The Morgan fingerprint density at radius 2 is 1.87 bits per heavy atom. The smallest absolute Gasteiger partial charge is 0.261 e. The van der Waals surface area contributed by atoms with E-state index in [2.05, 4.69) is 11.1 Å². The lowest BCUT2D eigenvalue weighted by molar-refractivity contribution is -0.132. The average Bonchev–Trinajstić information content (AvgIpc) is 2.98. The molecule has 5 rings (SSSR count). The predicted octanol–water partition coefficient (Wildman–Crippen LogP) is 4.31. The van der Waals surface area contributed by atoms with E-state index >= 15 is 0 Å². The fourth-order valence-corrected chi connectivity index (χ4v) is 4.45. The average molecular weight is 415 g/mol. The number of halogens is 1. The number of likely N-dealkylation sites (N-methyl/N-ethyl adjacent to an activating group) is 1. The molecule has 0 bridgehead atoms. The van der Waals surface area contributed by atoms with Gasteiger partial charge >= 0.3 is 0 Å². The number of nitrogens with two attached hydrogens (primary N) is 1. The van der Waals surface area contributed by atoms with Crippen molar-refractivity contribution in [2.24, 2.45) is 10.7 Å². The van der Waals surface area contributed by atoms with Crippen molar-refractivity contribution in [1.29, 1.82) is 0 Å². The van der Waals surface area contributed by atoms with Crippen LogP contribution in [-0.2, 0) is 10.3 Å². The zero-order chi connectivity index (χ0) is 21.8. The minimum absolute atomic E-state index is 0.145. The van der Waals surface area contributed by atoms with Gasteiger partial charge in [0.1, 0.15) is 17.7 Å². The van der Waals surface area contributed by atoms with Crippen LogP contribution in [0.5, 0.6) is 5.75 Å². The molecule has 2 aliphatic heterocycles. The second kappa shape index (κ2) is 6.94. The number of benzene rings is 3. The number of rotatable bonds is 2. The van der Waals surface area contributed by atoms with Crippen LogP contribution in [0, 0.1) is 12.7 Å². The molecule has 0 saturated heterocycles. The number of amides is 1. The van der Waals surface area contributed by atoms with E-state index in [9.17, 15) is 9.18 Å². The molecule has 2 unspecified atom stereocenters. The van der Waals surface area contributed by atoms with Crippen LogP contribution in [0.3, 0.4) is 0 Å². The summed E-state index contributed by atoms with van der Waals surface area (Å²) in [6.07, 6.45) is -0.493. The highest BCUT2D eigenvalue weighted by atomic mass is 19.1. The van der Waals surface area contributed by atoms with Gasteiger partial charge in [-0.3, -0.25) is 9.69 Å². The highest BCUT2D eigenvalue weighted by Crippen LogP contribution is 2.50. The van der Waals surface area contributed by atoms with Gasteiger partial charge in [-0.05, 0) is 36.2 Å². The molecule has 2 atom stereocenters. The Kier molecular flexibility index (Phi) is 4.32. The molecule has 0 radical (unpaired) electrons. The van der Waals surface area contributed by atoms with Crippen molar-refractivity contribution >= 4 is 11.9 Å². The highest BCUT2D eigenvalue weighted by molar-refractivity contribution is 6.07. The molecule has 156 valence electrons. The zero-order valence-electron chi connectivity index (χ0n) is 17.3. The van der Waals surface area contributed by atoms with Gasteiger partial charge in [-0.2, -0.15) is 0 Å². The fourth-order valence-electron chi connectivity index (χ4n) is 4.45. The molecular formula is C25H22FN3O2. The van der Waals surface area contributed by atoms with E-state index in [4.69, 9.17) is 10.5 Å². The van der Waals surface area contributed by atoms with E-state index in [0.29, 0.717) is 16.9 Å². The summed E-state index contributed by atoms with van der Waals surface area (Å²) in [5.41, 5.74) is 8.97. The van der Waals surface area contributed by atoms with Gasteiger partial charge in [-0.1, -0.05) is 54.1 Å². The van der Waals surface area contributed by atoms with E-state index in [0.717, 1.165) is 16.7 Å². The summed E-state index contributed by atoms with van der Waals surface area (Å²) in [6.45, 7) is 2.03. The van der Waals surface area contributed by atoms with Crippen LogP contribution in [0.2, 0.25) is 0 Å². The summed E-state index contributed by atoms with van der Waals surface area (Å²) < 4.78 is 20.8. The van der Waals surface area contributed by atoms with Crippen LogP contribution in [0.25, 0.3) is 11.1 Å². The second-order valence-electron chi connectivity index (χ2n) is 8.11. The van der Waals surface area contributed by atoms with Gasteiger partial charge in [-0.15, -0.1) is 0 Å². The van der Waals surface area contributed by atoms with Crippen molar-refractivity contribution in [3.63, 3.8) is 0 Å². The van der Waals surface area contributed by atoms with Crippen LogP contribution in [-0.4, -0.2) is 23.8 Å². The minimum Gasteiger partial charge on any atom is -0.485 e. The first-order valence-electron chi connectivity index (χ1n) is 10.2. The summed E-state index contributed by atoms with van der Waals surface area (Å²) in [6, 6.07) is 20.3. The molecule has 2 N–H and O–H groups in total. The lowest BCUT2D eigenvalue weighted by atomic mass is 9.79. The highest BCUT2D eigenvalue weighted by Gasteiger charge is 2.54. The van der Waals surface area contributed by atoms with Crippen molar-refractivity contribution in [2.75, 3.05) is 7.05 Å². The monoisotopic (exact) mass is 415 g/mol. The van der Waals surface area contributed by atoms with Crippen molar-refractivity contribution < 1.29 is 13.9 Å². The molecule has 0 aromatic heterocycles. The molecule has 0 aliphatic carbocycles. The van der Waals surface area contributed by atoms with Crippen molar-refractivity contribution in [1.82, 2.24) is 4.90 Å². The first-order chi connectivity index (χ1) is 14.9. The molecule has 0 saturated carbocycles. The van der Waals surface area contributed by atoms with E-state index in [-0.39, 0.29) is 24.1 Å². The van der Waals surface area contributed by atoms with Gasteiger partial charge in [0.25, 0.3) is 5.91 Å². The zero-order valence-corrected chi connectivity index (χ0v) is 17.3. The Labute approximate surface area is 180 Å². The third kappa shape index (κ3) is 2.98. The van der Waals surface area contributed by atoms with E-state index < -0.39 is 11.6 Å². The topological polar surface area (TPSA) is 67.9 Å². The van der Waals surface area contributed by atoms with Gasteiger partial charge in [0.15, 0.2) is 11.5 Å². The van der Waals surface area contributed by atoms with Gasteiger partial charge < -0.3 is 10.5 Å². The molecule has 2 aliphatic rings. The standard InChI is InChI=1S/C25H22FN3O2/c1-15-6-5-7-16(12-15)17-10-11-21-19(13-17)25(23(30)29(2)24(27)28-25)14-22(31-21)18-8-3-4-9-20(18)26/h3-13,22H,14H2,1-2H3,(H2,27,28). The fraction of sp³-hybridized carbons (Fsp3) is 0.200. The number of fused-ring (bicyclic) bond motifs is 2. The largest absolute Gasteiger partial charge is 0.485 e. The lowest BCUT2D eigenvalue weighted by Gasteiger charge is -2.37. The lowest BCUT2D eigenvalue weighted by Crippen LogP contribution is -2.43. The van der Waals surface area contributed by atoms with Crippen molar-refractivity contribution in [3.8, 4) is 16.9 Å². The number of aryl methyl sites for hydroxylation is 1. The molecule has 2 heterocycles. The molecule has 3 aromatic rings. The predicted molar refractivity (Wildman–Crippen MR) is 117 cm³/mol. The van der Waals surface area contributed by atoms with Crippen molar-refractivity contribution in [2.45, 2.75) is 25.0 Å². The summed E-state index contributed by atoms with van der Waals surface area (Å²) in [5.74, 6) is 0.0395. The van der Waals surface area contributed by atoms with E-state index in [1.807, 2.05) is 43.3 Å². The van der Waals surface area contributed by atoms with Crippen LogP contribution in [0.1, 0.15) is 29.2 Å². The Hall–Kier alpha value is -3.67. The maximum atomic E-state index is 14.6. The molecule has 0 fully saturated rings. The second-order valence-corrected chi connectivity index (χ2v) is 8.11. The molecule has 1 spiro atoms. The van der Waals surface area contributed by atoms with Crippen LogP contribution in [0.4, 0.5) is 4.39 Å². The molecule has 3 aromatic carbocycles. The van der Waals surface area contributed by atoms with Gasteiger partial charge in [0.2, 0.25) is 0 Å². The molecule has 6 heteroatoms. The SMILES string of the molecule is Cc1cccc(-c2ccc3c(c2)C2(CC(c4ccccc4F)O3)N=C(N)N(C)C2=O)c1. The van der Waals surface area contributed by atoms with Crippen LogP contribution >= 0.6 is 0 Å². The van der Waals surface area contributed by atoms with Gasteiger partial charge in [0, 0.05) is 24.6 Å². The number of guanidine groups is 1. The number of ether oxygens (including phenoxy) is 1. The summed E-state index contributed by atoms with van der Waals surface area (Å²) >= 11 is 0. The molecule has 31 heavy (non-hydrogen) atoms. The normalized spacial score (nSPS) is 22.3. The Bertz CT molecular complexity index is 1240. The Balaban J connectivity index is 1.69. The first kappa shape index (κ1) is 19.3. The maximum Gasteiger partial charge on any atom is 0.261 e. The first-order valence-corrected chi connectivity index (χ1v) is 10.2. The summed E-state index contributed by atoms with van der Waals surface area (Å²) in [7, 11) is 1.60. The Morgan fingerprint density at radius 3 is 2.58 bits per heavy atom. The number of nitrogens with zero attached hydrogens (tertiary/aromatic N) is 2. The number of hydrogen-bond acceptors (Lipinski definition) is 4. The number of carbonyl (C=O) groups excluding carboxylic acids is 1. The van der Waals surface area contributed by atoms with Gasteiger partial charge in [0.05, 0.1) is 0 Å². The summed E-state index contributed by atoms with van der Waals surface area (Å²) in [5, 5.41) is 0. The number of carbonyl (C=O) groups is 1. The Morgan fingerprint density at radius 1 is 1.10 bits per heavy atom. The third-order valence-corrected chi connectivity index (χ3v) is 6.09. The summed E-state index contributed by atoms with van der Waals surface area (Å²) in [4.78, 5) is 19.4. The molecule has 1 amide bonds. The minimum atomic E-state index is -1.25. The quantitative estimate of drug-likeness (QED) is 0.678. The van der Waals surface area contributed by atoms with E-state index in [1.54, 1.807) is 25.2 Å². The van der Waals surface area contributed by atoms with Crippen LogP contribution < -0.4 is 10.5 Å².